The highest BCUT2D eigenvalue weighted by molar-refractivity contribution is 5.87. The number of likely N-dealkylation sites (N-methyl/N-ethyl adjacent to an activating group) is 1. The summed E-state index contributed by atoms with van der Waals surface area (Å²) in [5.74, 6) is -1.67. The van der Waals surface area contributed by atoms with Gasteiger partial charge in [0, 0.05) is 37.9 Å². The Morgan fingerprint density at radius 2 is 1.88 bits per heavy atom. The van der Waals surface area contributed by atoms with Gasteiger partial charge in [0.15, 0.2) is 0 Å². The molecule has 214 valence electrons. The molecule has 0 bridgehead atoms. The van der Waals surface area contributed by atoms with Gasteiger partial charge in [0.05, 0.1) is 13.1 Å². The third-order valence-corrected chi connectivity index (χ3v) is 6.86. The predicted molar refractivity (Wildman–Crippen MR) is 143 cm³/mol. The van der Waals surface area contributed by atoms with E-state index in [0.29, 0.717) is 30.9 Å². The smallest absolute Gasteiger partial charge is 0.315 e. The Morgan fingerprint density at radius 3 is 2.60 bits per heavy atom. The molecular formula is C28H33F3N6O3. The van der Waals surface area contributed by atoms with Crippen LogP contribution in [0.2, 0.25) is 0 Å². The number of nitrogens with zero attached hydrogens (tertiary/aromatic N) is 5. The van der Waals surface area contributed by atoms with Gasteiger partial charge in [0.2, 0.25) is 11.7 Å². The normalized spacial score (nSPS) is 13.0. The number of nitrogens with one attached hydrogen (secondary N) is 1. The third kappa shape index (κ3) is 6.98. The Hall–Kier alpha value is -3.93. The van der Waals surface area contributed by atoms with E-state index in [0.717, 1.165) is 36.0 Å². The van der Waals surface area contributed by atoms with Crippen LogP contribution in [0.3, 0.4) is 0 Å². The number of halogens is 3. The number of amides is 2. The van der Waals surface area contributed by atoms with Crippen LogP contribution < -0.4 is 10.2 Å². The van der Waals surface area contributed by atoms with Crippen LogP contribution in [0.1, 0.15) is 55.2 Å². The van der Waals surface area contributed by atoms with Crippen molar-refractivity contribution >= 4 is 17.5 Å². The summed E-state index contributed by atoms with van der Waals surface area (Å²) in [5, 5.41) is 9.84. The molecule has 1 aliphatic rings. The topological polar surface area (TPSA) is 94.8 Å². The van der Waals surface area contributed by atoms with Gasteiger partial charge in [-0.25, -0.2) is 9.40 Å². The standard InChI is InChI=1S/C28H33F3N6O3/c1-4-5-6-11-32-24(38)16-36(17-25(39)35(3)37-14-20-9-10-22(29)12-21(20)15-37)23-13-19(8-7-18(23)2)27-33-28(26(30)31)40-34-27/h7-10,12-13,26H,4-6,11,14-17H2,1-3H3,(H,32,38). The predicted octanol–water partition coefficient (Wildman–Crippen LogP) is 4.62. The maximum absolute atomic E-state index is 13.7. The van der Waals surface area contributed by atoms with Crippen molar-refractivity contribution in [3.05, 3.63) is 64.8 Å². The largest absolute Gasteiger partial charge is 0.355 e. The summed E-state index contributed by atoms with van der Waals surface area (Å²) in [6.07, 6.45) is -0.0493. The van der Waals surface area contributed by atoms with Crippen LogP contribution in [0.4, 0.5) is 18.9 Å². The van der Waals surface area contributed by atoms with Gasteiger partial charge in [-0.2, -0.15) is 13.8 Å². The fourth-order valence-corrected chi connectivity index (χ4v) is 4.57. The molecular weight excluding hydrogens is 525 g/mol. The van der Waals surface area contributed by atoms with Crippen molar-refractivity contribution in [2.24, 2.45) is 0 Å². The van der Waals surface area contributed by atoms with Gasteiger partial charge in [-0.3, -0.25) is 14.6 Å². The highest BCUT2D eigenvalue weighted by Crippen LogP contribution is 2.29. The second-order valence-electron chi connectivity index (χ2n) is 9.82. The number of unbranched alkanes of at least 4 members (excludes halogenated alkanes) is 2. The molecule has 0 saturated heterocycles. The van der Waals surface area contributed by atoms with E-state index in [1.54, 1.807) is 36.2 Å². The van der Waals surface area contributed by atoms with E-state index >= 15 is 0 Å². The van der Waals surface area contributed by atoms with E-state index in [-0.39, 0.29) is 36.5 Å². The number of fused-ring (bicyclic) bond motifs is 1. The zero-order valence-corrected chi connectivity index (χ0v) is 22.8. The van der Waals surface area contributed by atoms with Crippen LogP contribution in [0.15, 0.2) is 40.9 Å². The van der Waals surface area contributed by atoms with Gasteiger partial charge >= 0.3 is 6.43 Å². The molecule has 0 unspecified atom stereocenters. The zero-order chi connectivity index (χ0) is 28.8. The molecule has 0 saturated carbocycles. The zero-order valence-electron chi connectivity index (χ0n) is 22.8. The van der Waals surface area contributed by atoms with Crippen molar-refractivity contribution in [2.75, 3.05) is 31.6 Å². The monoisotopic (exact) mass is 558 g/mol. The number of aromatic nitrogens is 2. The van der Waals surface area contributed by atoms with Crippen molar-refractivity contribution in [1.82, 2.24) is 25.5 Å². The molecule has 0 spiro atoms. The van der Waals surface area contributed by atoms with Crippen molar-refractivity contribution < 1.29 is 27.3 Å². The third-order valence-electron chi connectivity index (χ3n) is 6.86. The summed E-state index contributed by atoms with van der Waals surface area (Å²) in [5.41, 5.74) is 3.48. The van der Waals surface area contributed by atoms with E-state index in [1.165, 1.54) is 17.1 Å². The first-order valence-electron chi connectivity index (χ1n) is 13.2. The Kier molecular flexibility index (Phi) is 9.41. The lowest BCUT2D eigenvalue weighted by molar-refractivity contribution is -0.145. The van der Waals surface area contributed by atoms with E-state index < -0.39 is 12.3 Å². The summed E-state index contributed by atoms with van der Waals surface area (Å²) in [7, 11) is 1.64. The molecule has 4 rings (SSSR count). The first kappa shape index (κ1) is 29.1. The van der Waals surface area contributed by atoms with Gasteiger partial charge < -0.3 is 14.7 Å². The molecule has 0 aliphatic carbocycles. The number of benzene rings is 2. The first-order valence-corrected chi connectivity index (χ1v) is 13.2. The average Bonchev–Trinajstić information content (AvgIpc) is 3.58. The molecule has 2 heterocycles. The summed E-state index contributed by atoms with van der Waals surface area (Å²) in [6.45, 7) is 5.02. The minimum absolute atomic E-state index is 0.0222. The minimum atomic E-state index is -2.90. The first-order chi connectivity index (χ1) is 19.2. The van der Waals surface area contributed by atoms with Crippen LogP contribution in [0.25, 0.3) is 11.4 Å². The van der Waals surface area contributed by atoms with Crippen LogP contribution in [0.5, 0.6) is 0 Å². The molecule has 1 N–H and O–H groups in total. The number of anilines is 1. The lowest BCUT2D eigenvalue weighted by Crippen LogP contribution is -2.48. The highest BCUT2D eigenvalue weighted by atomic mass is 19.3. The van der Waals surface area contributed by atoms with Crippen LogP contribution in [-0.4, -0.2) is 58.7 Å². The van der Waals surface area contributed by atoms with Crippen molar-refractivity contribution in [3.63, 3.8) is 0 Å². The van der Waals surface area contributed by atoms with Gasteiger partial charge in [0.1, 0.15) is 5.82 Å². The van der Waals surface area contributed by atoms with Crippen LogP contribution in [-0.2, 0) is 22.7 Å². The number of aryl methyl sites for hydroxylation is 1. The molecule has 9 nitrogen and oxygen atoms in total. The summed E-state index contributed by atoms with van der Waals surface area (Å²) >= 11 is 0. The molecule has 2 amide bonds. The Bertz CT molecular complexity index is 1350. The summed E-state index contributed by atoms with van der Waals surface area (Å²) in [4.78, 5) is 31.8. The van der Waals surface area contributed by atoms with Gasteiger partial charge in [-0.05, 0) is 48.2 Å². The molecule has 0 atom stereocenters. The molecule has 3 aromatic rings. The fraction of sp³-hybridized carbons (Fsp3) is 0.429. The molecule has 0 fully saturated rings. The van der Waals surface area contributed by atoms with Crippen molar-refractivity contribution in [1.29, 1.82) is 0 Å². The Labute approximate surface area is 230 Å². The molecule has 1 aromatic heterocycles. The summed E-state index contributed by atoms with van der Waals surface area (Å²) < 4.78 is 44.4. The van der Waals surface area contributed by atoms with Gasteiger partial charge in [0.25, 0.3) is 11.8 Å². The fourth-order valence-electron chi connectivity index (χ4n) is 4.57. The van der Waals surface area contributed by atoms with Crippen molar-refractivity contribution in [2.45, 2.75) is 52.6 Å². The van der Waals surface area contributed by atoms with Crippen molar-refractivity contribution in [3.8, 4) is 11.4 Å². The lowest BCUT2D eigenvalue weighted by atomic mass is 10.1. The maximum atomic E-state index is 13.7. The second-order valence-corrected chi connectivity index (χ2v) is 9.82. The maximum Gasteiger partial charge on any atom is 0.315 e. The molecule has 40 heavy (non-hydrogen) atoms. The molecule has 12 heteroatoms. The van der Waals surface area contributed by atoms with E-state index in [1.807, 2.05) is 11.9 Å². The van der Waals surface area contributed by atoms with Crippen LogP contribution in [0, 0.1) is 12.7 Å². The molecule has 1 aliphatic heterocycles. The minimum Gasteiger partial charge on any atom is -0.355 e. The van der Waals surface area contributed by atoms with E-state index in [2.05, 4.69) is 26.9 Å². The number of hydrazine groups is 1. The second kappa shape index (κ2) is 12.9. The Balaban J connectivity index is 1.55. The quantitative estimate of drug-likeness (QED) is 0.324. The van der Waals surface area contributed by atoms with E-state index in [9.17, 15) is 22.8 Å². The molecule has 2 aromatic carbocycles. The number of rotatable bonds is 12. The van der Waals surface area contributed by atoms with E-state index in [4.69, 9.17) is 0 Å². The number of hydrogen-bond donors (Lipinski definition) is 1. The number of carbonyl (C=O) groups excluding carboxylic acids is 2. The lowest BCUT2D eigenvalue weighted by Gasteiger charge is -2.32. The number of carbonyl (C=O) groups is 2. The molecule has 0 radical (unpaired) electrons. The SMILES string of the molecule is CCCCCNC(=O)CN(CC(=O)N(C)N1Cc2ccc(F)cc2C1)c1cc(-c2noc(C(F)F)n2)ccc1C. The summed E-state index contributed by atoms with van der Waals surface area (Å²) in [6, 6.07) is 9.64. The highest BCUT2D eigenvalue weighted by Gasteiger charge is 2.28. The number of hydrogen-bond acceptors (Lipinski definition) is 7. The number of alkyl halides is 2. The Morgan fingerprint density at radius 1 is 1.10 bits per heavy atom. The van der Waals surface area contributed by atoms with Gasteiger partial charge in [-0.1, -0.05) is 43.1 Å². The average molecular weight is 559 g/mol. The van der Waals surface area contributed by atoms with Gasteiger partial charge in [-0.15, -0.1) is 0 Å². The van der Waals surface area contributed by atoms with Crippen LogP contribution >= 0.6 is 0 Å².